The lowest BCUT2D eigenvalue weighted by molar-refractivity contribution is -0.155. The molecule has 0 heterocycles. The fourth-order valence-corrected chi connectivity index (χ4v) is 8.29. The van der Waals surface area contributed by atoms with Crippen LogP contribution in [0.4, 0.5) is 5.69 Å². The summed E-state index contributed by atoms with van der Waals surface area (Å²) in [4.78, 5) is 110. The van der Waals surface area contributed by atoms with Crippen molar-refractivity contribution in [2.24, 2.45) is 0 Å². The molecule has 3 unspecified atom stereocenters. The van der Waals surface area contributed by atoms with E-state index in [-0.39, 0.29) is 66.9 Å². The highest BCUT2D eigenvalue weighted by atomic mass is 127. The second kappa shape index (κ2) is 22.5. The first kappa shape index (κ1) is 45.7. The van der Waals surface area contributed by atoms with E-state index in [1.54, 1.807) is 67.8 Å². The fourth-order valence-electron chi connectivity index (χ4n) is 3.88. The van der Waals surface area contributed by atoms with Crippen LogP contribution in [0, 0.1) is 10.7 Å². The molecule has 0 aliphatic rings. The molecule has 18 nitrogen and oxygen atoms in total. The number of halogens is 3. The summed E-state index contributed by atoms with van der Waals surface area (Å²) in [5.41, 5.74) is -0.243. The van der Waals surface area contributed by atoms with E-state index >= 15 is 0 Å². The first-order valence-electron chi connectivity index (χ1n) is 14.7. The van der Waals surface area contributed by atoms with E-state index in [1.165, 1.54) is 0 Å². The Balaban J connectivity index is 3.68. The van der Waals surface area contributed by atoms with Crippen molar-refractivity contribution in [3.63, 3.8) is 0 Å². The summed E-state index contributed by atoms with van der Waals surface area (Å²) in [6.45, 7) is 5.13. The summed E-state index contributed by atoms with van der Waals surface area (Å²) < 4.78 is 30.5. The number of hydrogen-bond donors (Lipinski definition) is 3. The molecule has 51 heavy (non-hydrogen) atoms. The second-order valence-electron chi connectivity index (χ2n) is 10.3. The summed E-state index contributed by atoms with van der Waals surface area (Å²) in [5, 5.41) is 7.75. The summed E-state index contributed by atoms with van der Waals surface area (Å²) in [7, 11) is 0. The van der Waals surface area contributed by atoms with Gasteiger partial charge in [0.2, 0.25) is 0 Å². The van der Waals surface area contributed by atoms with Crippen LogP contribution < -0.4 is 16.0 Å². The molecular formula is C30H36I3N3O15. The van der Waals surface area contributed by atoms with E-state index in [0.717, 1.165) is 41.5 Å². The van der Waals surface area contributed by atoms with Gasteiger partial charge in [-0.3, -0.25) is 43.2 Å². The molecule has 0 aliphatic carbocycles. The molecule has 0 aromatic heterocycles. The van der Waals surface area contributed by atoms with Crippen LogP contribution in [0.15, 0.2) is 0 Å². The molecule has 3 amide bonds. The number of benzene rings is 1. The van der Waals surface area contributed by atoms with E-state index in [4.69, 9.17) is 28.4 Å². The molecule has 0 radical (unpaired) electrons. The lowest BCUT2D eigenvalue weighted by atomic mass is 10.1. The third kappa shape index (κ3) is 16.7. The Hall–Kier alpha value is -3.36. The number of esters is 6. The number of carbonyl (C=O) groups is 9. The SMILES string of the molecule is CC(=O)OCCC(OC(C)=O)C(=O)Nc1c(I)c(C(=O)NCC(COC(C)=O)OC(C)=O)c(I)c(C(=O)NCC(COC(C)=O)OC(C)=O)c1I. The van der Waals surface area contributed by atoms with E-state index in [0.29, 0.717) is 0 Å². The van der Waals surface area contributed by atoms with E-state index < -0.39 is 71.8 Å². The predicted molar refractivity (Wildman–Crippen MR) is 199 cm³/mol. The Morgan fingerprint density at radius 3 is 1.29 bits per heavy atom. The van der Waals surface area contributed by atoms with Crippen LogP contribution in [0.5, 0.6) is 0 Å². The molecule has 3 atom stereocenters. The van der Waals surface area contributed by atoms with Gasteiger partial charge in [-0.05, 0) is 67.8 Å². The van der Waals surface area contributed by atoms with Gasteiger partial charge in [0.15, 0.2) is 18.3 Å². The van der Waals surface area contributed by atoms with Gasteiger partial charge in [-0.1, -0.05) is 0 Å². The Labute approximate surface area is 333 Å². The van der Waals surface area contributed by atoms with Gasteiger partial charge in [-0.2, -0.15) is 0 Å². The number of rotatable bonds is 18. The van der Waals surface area contributed by atoms with Gasteiger partial charge >= 0.3 is 35.8 Å². The first-order valence-corrected chi connectivity index (χ1v) is 18.0. The largest absolute Gasteiger partial charge is 0.466 e. The number of hydrogen-bond acceptors (Lipinski definition) is 15. The zero-order valence-corrected chi connectivity index (χ0v) is 34.7. The Bertz CT molecular complexity index is 1450. The van der Waals surface area contributed by atoms with Crippen molar-refractivity contribution in [3.8, 4) is 0 Å². The van der Waals surface area contributed by atoms with Crippen molar-refractivity contribution >= 4 is 127 Å². The van der Waals surface area contributed by atoms with Gasteiger partial charge < -0.3 is 44.4 Å². The standard InChI is InChI=1S/C30H36I3N3O15/c1-13(37)46-8-7-21(51-18(6)42)28(43)36-27-25(32)22(29(44)34-9-19(49-16(4)40)11-47-14(2)38)24(31)23(26(27)33)30(45)35-10-20(50-17(5)41)12-48-15(3)39/h19-21H,7-12H2,1-6H3,(H,34,44)(H,35,45)(H,36,43). The lowest BCUT2D eigenvalue weighted by Gasteiger charge is -2.23. The van der Waals surface area contributed by atoms with Gasteiger partial charge in [0.25, 0.3) is 17.7 Å². The van der Waals surface area contributed by atoms with E-state index in [9.17, 15) is 43.2 Å². The molecule has 0 aliphatic heterocycles. The average molecular weight is 1060 g/mol. The first-order chi connectivity index (χ1) is 23.7. The number of amides is 3. The maximum absolute atomic E-state index is 13.7. The van der Waals surface area contributed by atoms with Gasteiger partial charge in [0.1, 0.15) is 13.2 Å². The van der Waals surface area contributed by atoms with Gasteiger partial charge in [0, 0.05) is 51.5 Å². The van der Waals surface area contributed by atoms with Gasteiger partial charge in [0.05, 0.1) is 43.7 Å². The summed E-state index contributed by atoms with van der Waals surface area (Å²) in [6, 6.07) is 0. The van der Waals surface area contributed by atoms with Gasteiger partial charge in [-0.15, -0.1) is 0 Å². The van der Waals surface area contributed by atoms with Crippen molar-refractivity contribution in [1.29, 1.82) is 0 Å². The molecule has 0 saturated carbocycles. The Kier molecular flexibility index (Phi) is 20.2. The van der Waals surface area contributed by atoms with E-state index in [1.807, 2.05) is 0 Å². The zero-order chi connectivity index (χ0) is 39.0. The summed E-state index contributed by atoms with van der Waals surface area (Å²) in [5.74, 6) is -6.61. The summed E-state index contributed by atoms with van der Waals surface area (Å²) >= 11 is 5.31. The van der Waals surface area contributed by atoms with Crippen molar-refractivity contribution in [3.05, 3.63) is 21.8 Å². The molecule has 0 bridgehead atoms. The number of ether oxygens (including phenoxy) is 6. The number of nitrogens with one attached hydrogen (secondary N) is 3. The maximum atomic E-state index is 13.7. The van der Waals surface area contributed by atoms with Gasteiger partial charge in [-0.25, -0.2) is 0 Å². The quantitative estimate of drug-likeness (QED) is 0.108. The minimum atomic E-state index is -1.45. The molecule has 1 rings (SSSR count). The van der Waals surface area contributed by atoms with Crippen LogP contribution in [0.25, 0.3) is 0 Å². The maximum Gasteiger partial charge on any atom is 0.303 e. The van der Waals surface area contributed by atoms with Crippen LogP contribution in [0.2, 0.25) is 0 Å². The topological polar surface area (TPSA) is 245 Å². The number of anilines is 1. The van der Waals surface area contributed by atoms with Crippen molar-refractivity contribution in [1.82, 2.24) is 10.6 Å². The molecular weight excluding hydrogens is 1020 g/mol. The highest BCUT2D eigenvalue weighted by Gasteiger charge is 2.32. The molecule has 282 valence electrons. The minimum absolute atomic E-state index is 0.0329. The molecule has 0 fully saturated rings. The van der Waals surface area contributed by atoms with Crippen LogP contribution in [0.1, 0.15) is 68.7 Å². The second-order valence-corrected chi connectivity index (χ2v) is 13.5. The average Bonchev–Trinajstić information content (AvgIpc) is 3.00. The molecule has 21 heteroatoms. The lowest BCUT2D eigenvalue weighted by Crippen LogP contribution is -2.40. The zero-order valence-electron chi connectivity index (χ0n) is 28.2. The Morgan fingerprint density at radius 2 is 0.941 bits per heavy atom. The summed E-state index contributed by atoms with van der Waals surface area (Å²) in [6.07, 6.45) is -3.82. The highest BCUT2D eigenvalue weighted by molar-refractivity contribution is 14.1. The molecule has 3 N–H and O–H groups in total. The monoisotopic (exact) mass is 1060 g/mol. The normalized spacial score (nSPS) is 12.2. The van der Waals surface area contributed by atoms with E-state index in [2.05, 4.69) is 16.0 Å². The molecule has 1 aromatic rings. The van der Waals surface area contributed by atoms with Crippen LogP contribution in [-0.4, -0.2) is 105 Å². The third-order valence-electron chi connectivity index (χ3n) is 5.90. The third-order valence-corrected chi connectivity index (χ3v) is 9.13. The predicted octanol–water partition coefficient (Wildman–Crippen LogP) is 1.77. The fraction of sp³-hybridized carbons (Fsp3) is 0.500. The number of carbonyl (C=O) groups excluding carboxylic acids is 9. The van der Waals surface area contributed by atoms with Crippen molar-refractivity contribution in [2.45, 2.75) is 66.3 Å². The Morgan fingerprint density at radius 1 is 0.549 bits per heavy atom. The van der Waals surface area contributed by atoms with Crippen LogP contribution in [-0.2, 0) is 62.0 Å². The van der Waals surface area contributed by atoms with Crippen LogP contribution >= 0.6 is 67.8 Å². The highest BCUT2D eigenvalue weighted by Crippen LogP contribution is 2.36. The smallest absolute Gasteiger partial charge is 0.303 e. The molecule has 0 saturated heterocycles. The molecule has 0 spiro atoms. The van der Waals surface area contributed by atoms with Crippen molar-refractivity contribution < 1.29 is 71.6 Å². The van der Waals surface area contributed by atoms with Crippen LogP contribution in [0.3, 0.4) is 0 Å². The molecule has 1 aromatic carbocycles. The van der Waals surface area contributed by atoms with Crippen molar-refractivity contribution in [2.75, 3.05) is 38.2 Å². The minimum Gasteiger partial charge on any atom is -0.466 e.